The van der Waals surface area contributed by atoms with Crippen LogP contribution >= 0.6 is 12.4 Å². The van der Waals surface area contributed by atoms with Crippen LogP contribution in [0.1, 0.15) is 10.4 Å². The summed E-state index contributed by atoms with van der Waals surface area (Å²) in [7, 11) is 1.45. The van der Waals surface area contributed by atoms with Gasteiger partial charge in [-0.05, 0) is 24.3 Å². The van der Waals surface area contributed by atoms with Crippen LogP contribution in [0.25, 0.3) is 0 Å². The zero-order valence-electron chi connectivity index (χ0n) is 10.1. The number of halogens is 2. The average Bonchev–Trinajstić information content (AvgIpc) is 2.40. The van der Waals surface area contributed by atoms with Gasteiger partial charge in [-0.2, -0.15) is 0 Å². The fourth-order valence-corrected chi connectivity index (χ4v) is 1.47. The monoisotopic (exact) mass is 282 g/mol. The van der Waals surface area contributed by atoms with Gasteiger partial charge < -0.3 is 10.1 Å². The van der Waals surface area contributed by atoms with E-state index >= 15 is 0 Å². The molecule has 4 nitrogen and oxygen atoms in total. The van der Waals surface area contributed by atoms with Crippen LogP contribution in [0, 0.1) is 5.82 Å². The Kier molecular flexibility index (Phi) is 5.26. The zero-order valence-corrected chi connectivity index (χ0v) is 10.9. The van der Waals surface area contributed by atoms with Crippen molar-refractivity contribution in [1.82, 2.24) is 4.98 Å². The molecule has 6 heteroatoms. The van der Waals surface area contributed by atoms with Crippen LogP contribution < -0.4 is 10.1 Å². The van der Waals surface area contributed by atoms with Gasteiger partial charge in [0, 0.05) is 18.5 Å². The molecular weight excluding hydrogens is 271 g/mol. The maximum absolute atomic E-state index is 13.1. The zero-order chi connectivity index (χ0) is 13.0. The number of hydrogen-bond donors (Lipinski definition) is 1. The summed E-state index contributed by atoms with van der Waals surface area (Å²) in [6.45, 7) is 0. The lowest BCUT2D eigenvalue weighted by atomic mass is 10.2. The van der Waals surface area contributed by atoms with E-state index in [1.807, 2.05) is 0 Å². The molecule has 1 amide bonds. The van der Waals surface area contributed by atoms with Crippen molar-refractivity contribution < 1.29 is 13.9 Å². The largest absolute Gasteiger partial charge is 0.495 e. The van der Waals surface area contributed by atoms with Crippen LogP contribution in [0.4, 0.5) is 10.1 Å². The number of benzene rings is 1. The number of methoxy groups -OCH3 is 1. The predicted molar refractivity (Wildman–Crippen MR) is 72.4 cm³/mol. The van der Waals surface area contributed by atoms with Gasteiger partial charge in [-0.25, -0.2) is 4.39 Å². The first-order valence-electron chi connectivity index (χ1n) is 5.25. The third-order valence-electron chi connectivity index (χ3n) is 2.33. The number of amides is 1. The Bertz CT molecular complexity index is 564. The Morgan fingerprint density at radius 2 is 2.16 bits per heavy atom. The fourth-order valence-electron chi connectivity index (χ4n) is 1.47. The van der Waals surface area contributed by atoms with Crippen molar-refractivity contribution in [3.8, 4) is 5.75 Å². The van der Waals surface area contributed by atoms with Gasteiger partial charge in [0.2, 0.25) is 0 Å². The minimum Gasteiger partial charge on any atom is -0.495 e. The minimum atomic E-state index is -0.447. The number of aromatic nitrogens is 1. The number of rotatable bonds is 3. The predicted octanol–water partition coefficient (Wildman–Crippen LogP) is 2.90. The van der Waals surface area contributed by atoms with Gasteiger partial charge in [0.1, 0.15) is 11.6 Å². The summed E-state index contributed by atoms with van der Waals surface area (Å²) in [5.74, 6) is -0.419. The lowest BCUT2D eigenvalue weighted by Crippen LogP contribution is -2.13. The summed E-state index contributed by atoms with van der Waals surface area (Å²) in [5.41, 5.74) is 0.676. The molecule has 1 N–H and O–H groups in total. The van der Waals surface area contributed by atoms with E-state index in [0.29, 0.717) is 11.3 Å². The first kappa shape index (κ1) is 14.9. The second-order valence-corrected chi connectivity index (χ2v) is 3.54. The van der Waals surface area contributed by atoms with Crippen LogP contribution in [-0.2, 0) is 0 Å². The normalized spacial score (nSPS) is 9.37. The van der Waals surface area contributed by atoms with E-state index in [1.165, 1.54) is 31.5 Å². The Morgan fingerprint density at radius 1 is 1.37 bits per heavy atom. The Labute approximate surface area is 116 Å². The van der Waals surface area contributed by atoms with Crippen molar-refractivity contribution in [1.29, 1.82) is 0 Å². The second kappa shape index (κ2) is 6.70. The number of nitrogens with zero attached hydrogens (tertiary/aromatic N) is 1. The molecule has 0 radical (unpaired) electrons. The average molecular weight is 283 g/mol. The highest BCUT2D eigenvalue weighted by molar-refractivity contribution is 6.04. The molecule has 19 heavy (non-hydrogen) atoms. The summed E-state index contributed by atoms with van der Waals surface area (Å²) in [4.78, 5) is 15.7. The SMILES string of the molecule is COc1ccc(F)cc1NC(=O)c1cccnc1.Cl. The number of carbonyl (C=O) groups is 1. The summed E-state index contributed by atoms with van der Waals surface area (Å²) in [6.07, 6.45) is 3.00. The highest BCUT2D eigenvalue weighted by atomic mass is 35.5. The third kappa shape index (κ3) is 3.66. The van der Waals surface area contributed by atoms with Crippen LogP contribution in [0.3, 0.4) is 0 Å². The quantitative estimate of drug-likeness (QED) is 0.942. The van der Waals surface area contributed by atoms with Crippen molar-refractivity contribution in [2.24, 2.45) is 0 Å². The fraction of sp³-hybridized carbons (Fsp3) is 0.0769. The lowest BCUT2D eigenvalue weighted by molar-refractivity contribution is 0.102. The van der Waals surface area contributed by atoms with Gasteiger partial charge in [-0.1, -0.05) is 0 Å². The van der Waals surface area contributed by atoms with Gasteiger partial charge in [-0.15, -0.1) is 12.4 Å². The molecule has 0 aliphatic heterocycles. The topological polar surface area (TPSA) is 51.2 Å². The summed E-state index contributed by atoms with van der Waals surface area (Å²) in [6, 6.07) is 7.19. The second-order valence-electron chi connectivity index (χ2n) is 3.54. The Morgan fingerprint density at radius 3 is 2.79 bits per heavy atom. The molecule has 0 aliphatic carbocycles. The van der Waals surface area contributed by atoms with Gasteiger partial charge in [0.15, 0.2) is 0 Å². The molecule has 0 saturated heterocycles. The van der Waals surface area contributed by atoms with Crippen LogP contribution in [0.5, 0.6) is 5.75 Å². The van der Waals surface area contributed by atoms with Crippen molar-refractivity contribution in [3.05, 3.63) is 54.1 Å². The minimum absolute atomic E-state index is 0. The summed E-state index contributed by atoms with van der Waals surface area (Å²) < 4.78 is 18.2. The van der Waals surface area contributed by atoms with E-state index in [-0.39, 0.29) is 24.0 Å². The maximum Gasteiger partial charge on any atom is 0.257 e. The number of hydrogen-bond acceptors (Lipinski definition) is 3. The maximum atomic E-state index is 13.1. The summed E-state index contributed by atoms with van der Waals surface area (Å²) >= 11 is 0. The molecule has 2 rings (SSSR count). The van der Waals surface area contributed by atoms with Crippen LogP contribution in [0.15, 0.2) is 42.7 Å². The molecule has 1 aromatic heterocycles. The number of carbonyl (C=O) groups excluding carboxylic acids is 1. The van der Waals surface area contributed by atoms with E-state index in [4.69, 9.17) is 4.74 Å². The highest BCUT2D eigenvalue weighted by Gasteiger charge is 2.10. The Hall–Kier alpha value is -2.14. The van der Waals surface area contributed by atoms with Crippen molar-refractivity contribution in [2.75, 3.05) is 12.4 Å². The van der Waals surface area contributed by atoms with E-state index in [1.54, 1.807) is 18.3 Å². The standard InChI is InChI=1S/C13H11FN2O2.ClH/c1-18-12-5-4-10(14)7-11(12)16-13(17)9-3-2-6-15-8-9;/h2-8H,1H3,(H,16,17);1H. The third-order valence-corrected chi connectivity index (χ3v) is 2.33. The van der Waals surface area contributed by atoms with Gasteiger partial charge in [0.05, 0.1) is 18.4 Å². The first-order valence-corrected chi connectivity index (χ1v) is 5.25. The van der Waals surface area contributed by atoms with Crippen LogP contribution in [-0.4, -0.2) is 18.0 Å². The number of nitrogens with one attached hydrogen (secondary N) is 1. The van der Waals surface area contributed by atoms with Crippen molar-refractivity contribution in [3.63, 3.8) is 0 Å². The van der Waals surface area contributed by atoms with E-state index in [9.17, 15) is 9.18 Å². The molecule has 0 saturated carbocycles. The Balaban J connectivity index is 0.00000180. The molecule has 1 aromatic carbocycles. The molecule has 2 aromatic rings. The number of pyridine rings is 1. The molecule has 0 fully saturated rings. The van der Waals surface area contributed by atoms with Gasteiger partial charge >= 0.3 is 0 Å². The molecule has 0 atom stereocenters. The summed E-state index contributed by atoms with van der Waals surface area (Å²) in [5, 5.41) is 2.57. The molecular formula is C13H12ClFN2O2. The van der Waals surface area contributed by atoms with Crippen molar-refractivity contribution in [2.45, 2.75) is 0 Å². The van der Waals surface area contributed by atoms with Crippen molar-refractivity contribution >= 4 is 24.0 Å². The molecule has 0 unspecified atom stereocenters. The molecule has 0 spiro atoms. The molecule has 0 bridgehead atoms. The van der Waals surface area contributed by atoms with Crippen LogP contribution in [0.2, 0.25) is 0 Å². The molecule has 0 aliphatic rings. The molecule has 100 valence electrons. The first-order chi connectivity index (χ1) is 8.70. The smallest absolute Gasteiger partial charge is 0.257 e. The number of ether oxygens (including phenoxy) is 1. The highest BCUT2D eigenvalue weighted by Crippen LogP contribution is 2.25. The van der Waals surface area contributed by atoms with E-state index in [0.717, 1.165) is 0 Å². The lowest BCUT2D eigenvalue weighted by Gasteiger charge is -2.09. The number of anilines is 1. The van der Waals surface area contributed by atoms with Gasteiger partial charge in [0.25, 0.3) is 5.91 Å². The van der Waals surface area contributed by atoms with Gasteiger partial charge in [-0.3, -0.25) is 9.78 Å². The van der Waals surface area contributed by atoms with E-state index < -0.39 is 5.82 Å². The molecule has 1 heterocycles. The van der Waals surface area contributed by atoms with E-state index in [2.05, 4.69) is 10.3 Å².